The van der Waals surface area contributed by atoms with Crippen LogP contribution in [-0.2, 0) is 4.79 Å². The molecule has 0 atom stereocenters. The van der Waals surface area contributed by atoms with Crippen molar-refractivity contribution in [1.82, 2.24) is 10.2 Å². The van der Waals surface area contributed by atoms with Gasteiger partial charge in [0.15, 0.2) is 0 Å². The quantitative estimate of drug-likeness (QED) is 0.895. The van der Waals surface area contributed by atoms with Gasteiger partial charge in [-0.15, -0.1) is 24.8 Å². The lowest BCUT2D eigenvalue weighted by Gasteiger charge is -2.26. The minimum Gasteiger partial charge on any atom is -0.325 e. The maximum atomic E-state index is 11.9. The van der Waals surface area contributed by atoms with Gasteiger partial charge in [-0.25, -0.2) is 0 Å². The summed E-state index contributed by atoms with van der Waals surface area (Å²) < 4.78 is 0. The van der Waals surface area contributed by atoms with Crippen molar-refractivity contribution in [1.29, 1.82) is 0 Å². The molecule has 0 saturated carbocycles. The molecule has 20 heavy (non-hydrogen) atoms. The molecule has 0 unspecified atom stereocenters. The summed E-state index contributed by atoms with van der Waals surface area (Å²) in [5.74, 6) is 0.0696. The molecule has 0 spiro atoms. The first kappa shape index (κ1) is 19.2. The van der Waals surface area contributed by atoms with Gasteiger partial charge in [-0.05, 0) is 37.1 Å². The predicted molar refractivity (Wildman–Crippen MR) is 88.4 cm³/mol. The maximum Gasteiger partial charge on any atom is 0.238 e. The second-order valence-electron chi connectivity index (χ2n) is 4.87. The SMILES string of the molecule is Cc1ccc(NC(=O)CN2CCNCC2)cc1C.Cl.Cl. The number of anilines is 1. The van der Waals surface area contributed by atoms with Crippen molar-refractivity contribution in [3.05, 3.63) is 29.3 Å². The van der Waals surface area contributed by atoms with E-state index in [4.69, 9.17) is 0 Å². The van der Waals surface area contributed by atoms with E-state index in [0.717, 1.165) is 31.9 Å². The molecule has 1 aromatic rings. The number of amides is 1. The van der Waals surface area contributed by atoms with Gasteiger partial charge in [0.25, 0.3) is 0 Å². The number of halogens is 2. The van der Waals surface area contributed by atoms with Crippen molar-refractivity contribution in [3.63, 3.8) is 0 Å². The second kappa shape index (κ2) is 9.19. The Morgan fingerprint density at radius 1 is 1.20 bits per heavy atom. The summed E-state index contributed by atoms with van der Waals surface area (Å²) in [7, 11) is 0. The van der Waals surface area contributed by atoms with Crippen LogP contribution in [0.1, 0.15) is 11.1 Å². The molecule has 6 heteroatoms. The highest BCUT2D eigenvalue weighted by atomic mass is 35.5. The number of piperazine rings is 1. The van der Waals surface area contributed by atoms with Gasteiger partial charge in [-0.3, -0.25) is 9.69 Å². The number of rotatable bonds is 3. The standard InChI is InChI=1S/C14H21N3O.2ClH/c1-11-3-4-13(9-12(11)2)16-14(18)10-17-7-5-15-6-8-17;;/h3-4,9,15H,5-8,10H2,1-2H3,(H,16,18);2*1H. The van der Waals surface area contributed by atoms with Crippen molar-refractivity contribution < 1.29 is 4.79 Å². The number of nitrogens with zero attached hydrogens (tertiary/aromatic N) is 1. The molecule has 1 heterocycles. The number of benzene rings is 1. The molecule has 4 nitrogen and oxygen atoms in total. The number of hydrogen-bond acceptors (Lipinski definition) is 3. The second-order valence-corrected chi connectivity index (χ2v) is 4.87. The molecule has 1 amide bonds. The van der Waals surface area contributed by atoms with Gasteiger partial charge in [-0.1, -0.05) is 6.07 Å². The molecule has 114 valence electrons. The molecule has 1 aromatic carbocycles. The third-order valence-corrected chi connectivity index (χ3v) is 3.37. The van der Waals surface area contributed by atoms with Gasteiger partial charge in [0.05, 0.1) is 6.54 Å². The van der Waals surface area contributed by atoms with E-state index >= 15 is 0 Å². The Hall–Kier alpha value is -0.810. The number of aryl methyl sites for hydroxylation is 2. The van der Waals surface area contributed by atoms with Gasteiger partial charge in [-0.2, -0.15) is 0 Å². The van der Waals surface area contributed by atoms with Crippen LogP contribution >= 0.6 is 24.8 Å². The van der Waals surface area contributed by atoms with E-state index in [0.29, 0.717) is 6.54 Å². The van der Waals surface area contributed by atoms with Crippen molar-refractivity contribution in [2.75, 3.05) is 38.0 Å². The highest BCUT2D eigenvalue weighted by Crippen LogP contribution is 2.14. The van der Waals surface area contributed by atoms with Gasteiger partial charge in [0, 0.05) is 31.9 Å². The Kier molecular flexibility index (Phi) is 8.81. The smallest absolute Gasteiger partial charge is 0.238 e. The summed E-state index contributed by atoms with van der Waals surface area (Å²) in [5, 5.41) is 6.23. The molecule has 0 aliphatic carbocycles. The molecule has 0 radical (unpaired) electrons. The molecule has 0 bridgehead atoms. The van der Waals surface area contributed by atoms with Crippen LogP contribution in [0.4, 0.5) is 5.69 Å². The Balaban J connectivity index is 0.00000180. The summed E-state index contributed by atoms with van der Waals surface area (Å²) in [5.41, 5.74) is 3.34. The van der Waals surface area contributed by atoms with Crippen molar-refractivity contribution >= 4 is 36.4 Å². The fourth-order valence-electron chi connectivity index (χ4n) is 2.09. The van der Waals surface area contributed by atoms with Crippen molar-refractivity contribution in [2.24, 2.45) is 0 Å². The topological polar surface area (TPSA) is 44.4 Å². The van der Waals surface area contributed by atoms with Crippen LogP contribution in [0, 0.1) is 13.8 Å². The van der Waals surface area contributed by atoms with E-state index in [1.165, 1.54) is 11.1 Å². The van der Waals surface area contributed by atoms with Crippen molar-refractivity contribution in [2.45, 2.75) is 13.8 Å². The molecule has 1 saturated heterocycles. The average molecular weight is 320 g/mol. The number of nitrogens with one attached hydrogen (secondary N) is 2. The number of carbonyl (C=O) groups is 1. The largest absolute Gasteiger partial charge is 0.325 e. The maximum absolute atomic E-state index is 11.9. The fourth-order valence-corrected chi connectivity index (χ4v) is 2.09. The minimum atomic E-state index is 0. The molecule has 1 aliphatic rings. The fraction of sp³-hybridized carbons (Fsp3) is 0.500. The zero-order chi connectivity index (χ0) is 13.0. The minimum absolute atomic E-state index is 0. The first-order chi connectivity index (χ1) is 8.65. The first-order valence-electron chi connectivity index (χ1n) is 6.45. The first-order valence-corrected chi connectivity index (χ1v) is 6.45. The molecule has 2 N–H and O–H groups in total. The molecule has 1 aliphatic heterocycles. The Labute approximate surface area is 133 Å². The van der Waals surface area contributed by atoms with Crippen LogP contribution in [0.5, 0.6) is 0 Å². The zero-order valence-corrected chi connectivity index (χ0v) is 13.6. The lowest BCUT2D eigenvalue weighted by molar-refractivity contribution is -0.117. The summed E-state index contributed by atoms with van der Waals surface area (Å²) in [6.07, 6.45) is 0. The summed E-state index contributed by atoms with van der Waals surface area (Å²) in [6.45, 7) is 8.44. The molecule has 0 aromatic heterocycles. The van der Waals surface area contributed by atoms with Crippen LogP contribution in [0.25, 0.3) is 0 Å². The van der Waals surface area contributed by atoms with E-state index in [2.05, 4.69) is 29.4 Å². The zero-order valence-electron chi connectivity index (χ0n) is 11.9. The molecule has 2 rings (SSSR count). The van der Waals surface area contributed by atoms with E-state index in [-0.39, 0.29) is 30.7 Å². The summed E-state index contributed by atoms with van der Waals surface area (Å²) in [6, 6.07) is 6.01. The Morgan fingerprint density at radius 3 is 2.45 bits per heavy atom. The van der Waals surface area contributed by atoms with Gasteiger partial charge in [0.2, 0.25) is 5.91 Å². The predicted octanol–water partition coefficient (Wildman–Crippen LogP) is 1.99. The Bertz CT molecular complexity index is 434. The lowest BCUT2D eigenvalue weighted by Crippen LogP contribution is -2.46. The van der Waals surface area contributed by atoms with E-state index in [1.807, 2.05) is 18.2 Å². The monoisotopic (exact) mass is 319 g/mol. The summed E-state index contributed by atoms with van der Waals surface area (Å²) in [4.78, 5) is 14.1. The highest BCUT2D eigenvalue weighted by molar-refractivity contribution is 5.92. The highest BCUT2D eigenvalue weighted by Gasteiger charge is 2.13. The van der Waals surface area contributed by atoms with E-state index < -0.39 is 0 Å². The van der Waals surface area contributed by atoms with Crippen LogP contribution in [0.3, 0.4) is 0 Å². The number of hydrogen-bond donors (Lipinski definition) is 2. The van der Waals surface area contributed by atoms with Crippen molar-refractivity contribution in [3.8, 4) is 0 Å². The third kappa shape index (κ3) is 5.67. The molecular formula is C14H23Cl2N3O. The van der Waals surface area contributed by atoms with E-state index in [9.17, 15) is 4.79 Å². The Morgan fingerprint density at radius 2 is 1.85 bits per heavy atom. The van der Waals surface area contributed by atoms with Gasteiger partial charge < -0.3 is 10.6 Å². The third-order valence-electron chi connectivity index (χ3n) is 3.37. The average Bonchev–Trinajstić information content (AvgIpc) is 2.35. The summed E-state index contributed by atoms with van der Waals surface area (Å²) >= 11 is 0. The van der Waals surface area contributed by atoms with Crippen LogP contribution in [0.15, 0.2) is 18.2 Å². The van der Waals surface area contributed by atoms with Crippen LogP contribution < -0.4 is 10.6 Å². The normalized spacial score (nSPS) is 14.9. The van der Waals surface area contributed by atoms with Gasteiger partial charge in [0.1, 0.15) is 0 Å². The van der Waals surface area contributed by atoms with Gasteiger partial charge >= 0.3 is 0 Å². The van der Waals surface area contributed by atoms with E-state index in [1.54, 1.807) is 0 Å². The lowest BCUT2D eigenvalue weighted by atomic mass is 10.1. The number of carbonyl (C=O) groups excluding carboxylic acids is 1. The van der Waals surface area contributed by atoms with Crippen LogP contribution in [0.2, 0.25) is 0 Å². The molecule has 1 fully saturated rings. The van der Waals surface area contributed by atoms with Crippen LogP contribution in [-0.4, -0.2) is 43.5 Å². The molecular weight excluding hydrogens is 297 g/mol.